The molecule has 1 aromatic rings. The van der Waals surface area contributed by atoms with Crippen LogP contribution in [0.4, 0.5) is 0 Å². The molecule has 0 aromatic carbocycles. The van der Waals surface area contributed by atoms with Crippen LogP contribution in [-0.4, -0.2) is 11.9 Å². The Kier molecular flexibility index (Phi) is 5.74. The molecule has 22 heavy (non-hydrogen) atoms. The second-order valence-electron chi connectivity index (χ2n) is 4.88. The lowest BCUT2D eigenvalue weighted by molar-refractivity contribution is -0.117. The Balaban J connectivity index is 2.08. The molecule has 1 unspecified atom stereocenters. The van der Waals surface area contributed by atoms with Gasteiger partial charge in [-0.3, -0.25) is 4.79 Å². The molecule has 0 saturated heterocycles. The first-order valence-corrected chi connectivity index (χ1v) is 7.14. The fraction of sp³-hybridized carbons (Fsp3) is 0.167. The van der Waals surface area contributed by atoms with Gasteiger partial charge in [-0.2, -0.15) is 0 Å². The number of carbonyl (C=O) groups excluding carboxylic acids is 1. The summed E-state index contributed by atoms with van der Waals surface area (Å²) in [5.74, 6) is 1.33. The van der Waals surface area contributed by atoms with E-state index >= 15 is 0 Å². The summed E-state index contributed by atoms with van der Waals surface area (Å²) in [4.78, 5) is 12.3. The summed E-state index contributed by atoms with van der Waals surface area (Å²) in [5, 5.41) is 2.83. The summed E-state index contributed by atoms with van der Waals surface area (Å²) in [7, 11) is 0. The zero-order valence-corrected chi connectivity index (χ0v) is 12.5. The van der Waals surface area contributed by atoms with E-state index in [1.807, 2.05) is 55.5 Å². The average Bonchev–Trinajstić information content (AvgIpc) is 2.89. The Bertz CT molecular complexity index is 660. The van der Waals surface area contributed by atoms with E-state index in [4.69, 9.17) is 10.2 Å². The highest BCUT2D eigenvalue weighted by molar-refractivity contribution is 5.95. The van der Waals surface area contributed by atoms with Crippen molar-refractivity contribution < 1.29 is 9.21 Å². The predicted octanol–water partition coefficient (Wildman–Crippen LogP) is 2.70. The van der Waals surface area contributed by atoms with E-state index in [9.17, 15) is 4.79 Å². The number of furan rings is 1. The van der Waals surface area contributed by atoms with Gasteiger partial charge >= 0.3 is 0 Å². The number of hydrogen-bond acceptors (Lipinski definition) is 3. The van der Waals surface area contributed by atoms with Crippen molar-refractivity contribution in [3.8, 4) is 0 Å². The van der Waals surface area contributed by atoms with Crippen LogP contribution in [0.5, 0.6) is 0 Å². The second-order valence-corrected chi connectivity index (χ2v) is 4.88. The van der Waals surface area contributed by atoms with Gasteiger partial charge in [0.2, 0.25) is 5.91 Å². The number of nitrogens with one attached hydrogen (secondary N) is 1. The lowest BCUT2D eigenvalue weighted by Crippen LogP contribution is -2.33. The Morgan fingerprint density at radius 3 is 2.50 bits per heavy atom. The van der Waals surface area contributed by atoms with E-state index in [1.54, 1.807) is 18.2 Å². The Labute approximate surface area is 130 Å². The van der Waals surface area contributed by atoms with E-state index in [0.717, 1.165) is 5.76 Å². The maximum atomic E-state index is 12.3. The first-order chi connectivity index (χ1) is 10.7. The maximum Gasteiger partial charge on any atom is 0.249 e. The van der Waals surface area contributed by atoms with Crippen molar-refractivity contribution in [2.24, 2.45) is 5.73 Å². The average molecular weight is 296 g/mol. The minimum Gasteiger partial charge on any atom is -0.465 e. The fourth-order valence-corrected chi connectivity index (χ4v) is 1.96. The standard InChI is InChI=1S/C18H20N2O2/c1-14-11-12-15(22-14)13-20-18(21)16-9-7-5-3-2-4-6-8-10-17(16)19/h2-12,17H,13,19H2,1H3,(H,20,21)/b3-2-,6-4-,7-5-,10-8-,16-9+. The molecule has 114 valence electrons. The molecule has 3 N–H and O–H groups in total. The third-order valence-electron chi connectivity index (χ3n) is 3.10. The number of allylic oxidation sites excluding steroid dienone is 8. The normalized spacial score (nSPS) is 26.1. The molecule has 0 fully saturated rings. The highest BCUT2D eigenvalue weighted by atomic mass is 16.3. The van der Waals surface area contributed by atoms with E-state index in [1.165, 1.54) is 0 Å². The molecule has 0 spiro atoms. The minimum absolute atomic E-state index is 0.206. The van der Waals surface area contributed by atoms with Gasteiger partial charge in [0.05, 0.1) is 12.6 Å². The fourth-order valence-electron chi connectivity index (χ4n) is 1.96. The van der Waals surface area contributed by atoms with Crippen LogP contribution in [-0.2, 0) is 11.3 Å². The summed E-state index contributed by atoms with van der Waals surface area (Å²) < 4.78 is 5.43. The number of hydrogen-bond donors (Lipinski definition) is 2. The Hall–Kier alpha value is -2.59. The van der Waals surface area contributed by atoms with Crippen molar-refractivity contribution in [2.75, 3.05) is 0 Å². The van der Waals surface area contributed by atoms with Crippen LogP contribution in [0.3, 0.4) is 0 Å². The number of amides is 1. The van der Waals surface area contributed by atoms with Gasteiger partial charge in [-0.15, -0.1) is 0 Å². The van der Waals surface area contributed by atoms with Gasteiger partial charge in [0.25, 0.3) is 0 Å². The number of nitrogens with two attached hydrogens (primary N) is 1. The molecule has 4 nitrogen and oxygen atoms in total. The van der Waals surface area contributed by atoms with Crippen LogP contribution in [0.15, 0.2) is 76.8 Å². The molecule has 0 bridgehead atoms. The summed E-state index contributed by atoms with van der Waals surface area (Å²) in [6, 6.07) is 3.24. The first-order valence-electron chi connectivity index (χ1n) is 7.14. The molecule has 0 aliphatic heterocycles. The quantitative estimate of drug-likeness (QED) is 0.901. The molecule has 1 aliphatic carbocycles. The summed E-state index contributed by atoms with van der Waals surface area (Å²) in [6.07, 6.45) is 16.6. The highest BCUT2D eigenvalue weighted by Gasteiger charge is 2.14. The molecule has 1 atom stereocenters. The second kappa shape index (κ2) is 8.00. The van der Waals surface area contributed by atoms with Crippen molar-refractivity contribution in [3.63, 3.8) is 0 Å². The van der Waals surface area contributed by atoms with Crippen molar-refractivity contribution >= 4 is 5.91 Å². The van der Waals surface area contributed by atoms with Crippen molar-refractivity contribution in [1.82, 2.24) is 5.32 Å². The molecule has 1 heterocycles. The van der Waals surface area contributed by atoms with Crippen molar-refractivity contribution in [2.45, 2.75) is 19.5 Å². The molecular formula is C18H20N2O2. The van der Waals surface area contributed by atoms with Gasteiger partial charge < -0.3 is 15.5 Å². The molecule has 1 aromatic heterocycles. The van der Waals surface area contributed by atoms with Crippen LogP contribution in [0.25, 0.3) is 0 Å². The number of rotatable bonds is 3. The van der Waals surface area contributed by atoms with E-state index < -0.39 is 6.04 Å². The van der Waals surface area contributed by atoms with Crippen LogP contribution in [0.2, 0.25) is 0 Å². The smallest absolute Gasteiger partial charge is 0.249 e. The summed E-state index contributed by atoms with van der Waals surface area (Å²) in [5.41, 5.74) is 6.57. The van der Waals surface area contributed by atoms with E-state index in [-0.39, 0.29) is 5.91 Å². The van der Waals surface area contributed by atoms with Gasteiger partial charge in [-0.05, 0) is 19.1 Å². The largest absolute Gasteiger partial charge is 0.465 e. The van der Waals surface area contributed by atoms with Gasteiger partial charge in [0, 0.05) is 5.57 Å². The number of aryl methyl sites for hydroxylation is 1. The van der Waals surface area contributed by atoms with Gasteiger partial charge in [0.15, 0.2) is 0 Å². The zero-order chi connectivity index (χ0) is 15.8. The lowest BCUT2D eigenvalue weighted by Gasteiger charge is -2.11. The molecule has 1 aliphatic rings. The van der Waals surface area contributed by atoms with E-state index in [2.05, 4.69) is 5.32 Å². The van der Waals surface area contributed by atoms with Crippen LogP contribution < -0.4 is 11.1 Å². The Morgan fingerprint density at radius 2 is 1.82 bits per heavy atom. The maximum absolute atomic E-state index is 12.3. The summed E-state index contributed by atoms with van der Waals surface area (Å²) >= 11 is 0. The van der Waals surface area contributed by atoms with E-state index in [0.29, 0.717) is 17.9 Å². The summed E-state index contributed by atoms with van der Waals surface area (Å²) in [6.45, 7) is 2.20. The highest BCUT2D eigenvalue weighted by Crippen LogP contribution is 2.08. The van der Waals surface area contributed by atoms with Crippen molar-refractivity contribution in [3.05, 3.63) is 83.9 Å². The van der Waals surface area contributed by atoms with Gasteiger partial charge in [0.1, 0.15) is 11.5 Å². The molecule has 4 heteroatoms. The molecular weight excluding hydrogens is 276 g/mol. The minimum atomic E-state index is -0.467. The van der Waals surface area contributed by atoms with Gasteiger partial charge in [-0.25, -0.2) is 0 Å². The molecule has 1 amide bonds. The van der Waals surface area contributed by atoms with Crippen LogP contribution in [0.1, 0.15) is 11.5 Å². The lowest BCUT2D eigenvalue weighted by atomic mass is 10.1. The monoisotopic (exact) mass is 296 g/mol. The SMILES string of the molecule is Cc1ccc(CNC(=O)/C2=C/C=C\C=C/C=C\C=C/C2N)o1. The number of carbonyl (C=O) groups is 1. The first kappa shape index (κ1) is 15.8. The van der Waals surface area contributed by atoms with Gasteiger partial charge in [-0.1, -0.05) is 54.7 Å². The molecule has 2 rings (SSSR count). The Morgan fingerprint density at radius 1 is 1.14 bits per heavy atom. The van der Waals surface area contributed by atoms with Crippen molar-refractivity contribution in [1.29, 1.82) is 0 Å². The third kappa shape index (κ3) is 4.75. The topological polar surface area (TPSA) is 68.3 Å². The third-order valence-corrected chi connectivity index (χ3v) is 3.10. The predicted molar refractivity (Wildman–Crippen MR) is 87.9 cm³/mol. The van der Waals surface area contributed by atoms with Crippen LogP contribution in [0, 0.1) is 6.92 Å². The van der Waals surface area contributed by atoms with Crippen LogP contribution >= 0.6 is 0 Å². The molecule has 0 radical (unpaired) electrons. The molecule has 0 saturated carbocycles. The zero-order valence-electron chi connectivity index (χ0n) is 12.5.